The molecule has 1 saturated carbocycles. The first-order chi connectivity index (χ1) is 8.36. The zero-order chi connectivity index (χ0) is 11.6. The second-order valence-electron chi connectivity index (χ2n) is 4.72. The number of aromatic nitrogens is 2. The van der Waals surface area contributed by atoms with Crippen LogP contribution in [0.1, 0.15) is 37.9 Å². The van der Waals surface area contributed by atoms with Gasteiger partial charge in [0.1, 0.15) is 6.54 Å². The van der Waals surface area contributed by atoms with E-state index in [1.165, 1.54) is 38.5 Å². The molecular formula is C11H16N4OS. The lowest BCUT2D eigenvalue weighted by Crippen LogP contribution is -2.45. The Morgan fingerprint density at radius 2 is 2.29 bits per heavy atom. The van der Waals surface area contributed by atoms with Gasteiger partial charge in [-0.05, 0) is 12.8 Å². The maximum absolute atomic E-state index is 4.68. The predicted octanol–water partition coefficient (Wildman–Crippen LogP) is 1.96. The minimum atomic E-state index is 0.318. The Hall–Kier alpha value is -1.04. The summed E-state index contributed by atoms with van der Waals surface area (Å²) in [6.07, 6.45) is 7.95. The molecule has 1 aromatic rings. The number of amidine groups is 1. The molecule has 1 aliphatic carbocycles. The van der Waals surface area contributed by atoms with E-state index in [1.54, 1.807) is 0 Å². The number of thioether (sulfide) groups is 1. The van der Waals surface area contributed by atoms with Gasteiger partial charge in [-0.2, -0.15) is 4.98 Å². The van der Waals surface area contributed by atoms with E-state index in [1.807, 2.05) is 11.8 Å². The fourth-order valence-corrected chi connectivity index (χ4v) is 3.71. The quantitative estimate of drug-likeness (QED) is 0.871. The Morgan fingerprint density at radius 3 is 3.06 bits per heavy atom. The molecule has 0 aromatic carbocycles. The molecule has 0 amide bonds. The van der Waals surface area contributed by atoms with E-state index in [0.29, 0.717) is 17.9 Å². The van der Waals surface area contributed by atoms with Gasteiger partial charge in [-0.1, -0.05) is 36.2 Å². The van der Waals surface area contributed by atoms with Crippen LogP contribution in [0.5, 0.6) is 0 Å². The van der Waals surface area contributed by atoms with Gasteiger partial charge in [0.05, 0.1) is 0 Å². The normalized spacial score (nSPS) is 25.3. The SMILES string of the molecule is c1nc(CN=C2NC3(CCCCC3)CS2)no1. The van der Waals surface area contributed by atoms with E-state index in [4.69, 9.17) is 0 Å². The van der Waals surface area contributed by atoms with Gasteiger partial charge in [0.15, 0.2) is 11.0 Å². The summed E-state index contributed by atoms with van der Waals surface area (Å²) < 4.78 is 4.68. The zero-order valence-electron chi connectivity index (χ0n) is 9.69. The van der Waals surface area contributed by atoms with Crippen molar-refractivity contribution in [3.63, 3.8) is 0 Å². The average molecular weight is 252 g/mol. The smallest absolute Gasteiger partial charge is 0.213 e. The molecular weight excluding hydrogens is 236 g/mol. The molecule has 0 radical (unpaired) electrons. The summed E-state index contributed by atoms with van der Waals surface area (Å²) in [6.45, 7) is 0.502. The number of hydrogen-bond acceptors (Lipinski definition) is 5. The molecule has 92 valence electrons. The van der Waals surface area contributed by atoms with E-state index < -0.39 is 0 Å². The van der Waals surface area contributed by atoms with Crippen molar-refractivity contribution in [2.75, 3.05) is 5.75 Å². The van der Waals surface area contributed by atoms with E-state index in [-0.39, 0.29) is 0 Å². The maximum Gasteiger partial charge on any atom is 0.213 e. The van der Waals surface area contributed by atoms with Crippen molar-refractivity contribution in [3.05, 3.63) is 12.2 Å². The number of nitrogens with zero attached hydrogens (tertiary/aromatic N) is 3. The van der Waals surface area contributed by atoms with E-state index in [2.05, 4.69) is 25.0 Å². The van der Waals surface area contributed by atoms with Crippen LogP contribution in [-0.4, -0.2) is 26.6 Å². The minimum Gasteiger partial charge on any atom is -0.359 e. The van der Waals surface area contributed by atoms with Crippen molar-refractivity contribution < 1.29 is 4.52 Å². The standard InChI is InChI=1S/C11H16N4OS/c1-2-4-11(5-3-1)7-17-10(14-11)12-6-9-13-8-16-15-9/h8H,1-7H2,(H,12,14). The van der Waals surface area contributed by atoms with Gasteiger partial charge >= 0.3 is 0 Å². The third kappa shape index (κ3) is 2.46. The minimum absolute atomic E-state index is 0.318. The topological polar surface area (TPSA) is 63.3 Å². The van der Waals surface area contributed by atoms with Crippen LogP contribution in [0.25, 0.3) is 0 Å². The van der Waals surface area contributed by atoms with Crippen molar-refractivity contribution in [2.45, 2.75) is 44.2 Å². The fourth-order valence-electron chi connectivity index (χ4n) is 2.49. The second kappa shape index (κ2) is 4.68. The van der Waals surface area contributed by atoms with Crippen LogP contribution in [-0.2, 0) is 6.54 Å². The third-order valence-electron chi connectivity index (χ3n) is 3.44. The summed E-state index contributed by atoms with van der Waals surface area (Å²) in [6, 6.07) is 0. The van der Waals surface area contributed by atoms with Crippen LogP contribution in [0.4, 0.5) is 0 Å². The molecule has 1 spiro atoms. The lowest BCUT2D eigenvalue weighted by molar-refractivity contribution is 0.303. The van der Waals surface area contributed by atoms with Crippen molar-refractivity contribution >= 4 is 16.9 Å². The lowest BCUT2D eigenvalue weighted by Gasteiger charge is -2.32. The molecule has 1 aromatic heterocycles. The molecule has 1 aliphatic heterocycles. The summed E-state index contributed by atoms with van der Waals surface area (Å²) in [7, 11) is 0. The highest BCUT2D eigenvalue weighted by molar-refractivity contribution is 8.14. The van der Waals surface area contributed by atoms with Crippen molar-refractivity contribution in [3.8, 4) is 0 Å². The number of nitrogens with one attached hydrogen (secondary N) is 1. The van der Waals surface area contributed by atoms with Gasteiger partial charge in [0.2, 0.25) is 6.39 Å². The van der Waals surface area contributed by atoms with Crippen LogP contribution in [0.2, 0.25) is 0 Å². The highest BCUT2D eigenvalue weighted by Gasteiger charge is 2.37. The molecule has 0 bridgehead atoms. The van der Waals surface area contributed by atoms with E-state index in [0.717, 1.165) is 10.9 Å². The van der Waals surface area contributed by atoms with Crippen molar-refractivity contribution in [1.29, 1.82) is 0 Å². The summed E-state index contributed by atoms with van der Waals surface area (Å²) in [4.78, 5) is 8.46. The van der Waals surface area contributed by atoms with Gasteiger partial charge in [0.25, 0.3) is 0 Å². The first-order valence-electron chi connectivity index (χ1n) is 6.07. The van der Waals surface area contributed by atoms with Crippen molar-refractivity contribution in [2.24, 2.45) is 4.99 Å². The molecule has 17 heavy (non-hydrogen) atoms. The van der Waals surface area contributed by atoms with Crippen LogP contribution in [0, 0.1) is 0 Å². The first-order valence-corrected chi connectivity index (χ1v) is 7.06. The predicted molar refractivity (Wildman–Crippen MR) is 66.8 cm³/mol. The summed E-state index contributed by atoms with van der Waals surface area (Å²) >= 11 is 1.82. The Morgan fingerprint density at radius 1 is 1.41 bits per heavy atom. The largest absolute Gasteiger partial charge is 0.359 e. The molecule has 2 aliphatic rings. The van der Waals surface area contributed by atoms with Crippen LogP contribution in [0.15, 0.2) is 15.9 Å². The number of rotatable bonds is 2. The Balaban J connectivity index is 1.61. The van der Waals surface area contributed by atoms with Gasteiger partial charge in [-0.25, -0.2) is 0 Å². The first kappa shape index (κ1) is 11.1. The summed E-state index contributed by atoms with van der Waals surface area (Å²) in [5.41, 5.74) is 0.318. The molecule has 6 heteroatoms. The molecule has 0 atom stereocenters. The molecule has 2 heterocycles. The molecule has 1 N–H and O–H groups in total. The average Bonchev–Trinajstić information content (AvgIpc) is 2.98. The summed E-state index contributed by atoms with van der Waals surface area (Å²) in [5.74, 6) is 1.79. The van der Waals surface area contributed by atoms with E-state index in [9.17, 15) is 0 Å². The Kier molecular flexibility index (Phi) is 3.05. The Bertz CT molecular complexity index is 398. The second-order valence-corrected chi connectivity index (χ2v) is 5.69. The van der Waals surface area contributed by atoms with Gasteiger partial charge in [0, 0.05) is 11.3 Å². The fraction of sp³-hybridized carbons (Fsp3) is 0.727. The third-order valence-corrected chi connectivity index (χ3v) is 4.64. The van der Waals surface area contributed by atoms with E-state index >= 15 is 0 Å². The van der Waals surface area contributed by atoms with Gasteiger partial charge < -0.3 is 9.84 Å². The lowest BCUT2D eigenvalue weighted by atomic mass is 9.83. The van der Waals surface area contributed by atoms with Crippen LogP contribution in [0.3, 0.4) is 0 Å². The Labute approximate surface area is 104 Å². The summed E-state index contributed by atoms with van der Waals surface area (Å²) in [5, 5.41) is 8.39. The van der Waals surface area contributed by atoms with Gasteiger partial charge in [-0.3, -0.25) is 4.99 Å². The maximum atomic E-state index is 4.68. The van der Waals surface area contributed by atoms with Crippen molar-refractivity contribution in [1.82, 2.24) is 15.5 Å². The molecule has 1 saturated heterocycles. The number of aliphatic imine (C=N–C) groups is 1. The van der Waals surface area contributed by atoms with Crippen LogP contribution >= 0.6 is 11.8 Å². The monoisotopic (exact) mass is 252 g/mol. The molecule has 5 nitrogen and oxygen atoms in total. The van der Waals surface area contributed by atoms with Crippen LogP contribution < -0.4 is 5.32 Å². The molecule has 0 unspecified atom stereocenters. The molecule has 3 rings (SSSR count). The highest BCUT2D eigenvalue weighted by Crippen LogP contribution is 2.36. The zero-order valence-corrected chi connectivity index (χ0v) is 10.5. The molecule has 2 fully saturated rings. The highest BCUT2D eigenvalue weighted by atomic mass is 32.2. The van der Waals surface area contributed by atoms with Gasteiger partial charge in [-0.15, -0.1) is 0 Å². The number of hydrogen-bond donors (Lipinski definition) is 1.